The Morgan fingerprint density at radius 2 is 1.89 bits per heavy atom. The van der Waals surface area contributed by atoms with Crippen LogP contribution >= 0.6 is 11.3 Å². The van der Waals surface area contributed by atoms with E-state index in [-0.39, 0.29) is 0 Å². The van der Waals surface area contributed by atoms with Gasteiger partial charge in [0.2, 0.25) is 0 Å². The molecule has 2 aromatic carbocycles. The lowest BCUT2D eigenvalue weighted by molar-refractivity contribution is 0.132. The van der Waals surface area contributed by atoms with Gasteiger partial charge in [-0.2, -0.15) is 5.10 Å². The molecule has 0 bridgehead atoms. The van der Waals surface area contributed by atoms with Crippen LogP contribution in [0.5, 0.6) is 0 Å². The van der Waals surface area contributed by atoms with Gasteiger partial charge in [0.1, 0.15) is 12.3 Å². The number of fused-ring (bicyclic) bond motifs is 3. The highest BCUT2D eigenvalue weighted by Crippen LogP contribution is 2.41. The van der Waals surface area contributed by atoms with Gasteiger partial charge in [0.25, 0.3) is 0 Å². The first-order valence-electron chi connectivity index (χ1n) is 12.1. The van der Waals surface area contributed by atoms with Crippen LogP contribution in [0.2, 0.25) is 0 Å². The Morgan fingerprint density at radius 3 is 2.74 bits per heavy atom. The molecule has 2 aliphatic rings. The molecule has 178 valence electrons. The molecule has 0 amide bonds. The minimum Gasteiger partial charge on any atom is -0.391 e. The quantitative estimate of drug-likeness (QED) is 0.261. The average molecular weight is 484 g/mol. The van der Waals surface area contributed by atoms with Crippen molar-refractivity contribution in [1.29, 1.82) is 0 Å². The largest absolute Gasteiger partial charge is 0.391 e. The molecule has 7 heteroatoms. The third-order valence-corrected chi connectivity index (χ3v) is 7.89. The summed E-state index contributed by atoms with van der Waals surface area (Å²) in [5.74, 6) is 0. The summed E-state index contributed by atoms with van der Waals surface area (Å²) in [6.07, 6.45) is 2.71. The molecule has 2 aromatic heterocycles. The highest BCUT2D eigenvalue weighted by molar-refractivity contribution is 7.17. The summed E-state index contributed by atoms with van der Waals surface area (Å²) in [5.41, 5.74) is 8.70. The van der Waals surface area contributed by atoms with E-state index in [4.69, 9.17) is 4.84 Å². The molecule has 0 radical (unpaired) electrons. The van der Waals surface area contributed by atoms with Gasteiger partial charge in [0.15, 0.2) is 0 Å². The van der Waals surface area contributed by atoms with Crippen LogP contribution in [0.15, 0.2) is 65.8 Å². The van der Waals surface area contributed by atoms with Crippen molar-refractivity contribution in [2.75, 3.05) is 33.2 Å². The summed E-state index contributed by atoms with van der Waals surface area (Å²) < 4.78 is 0. The third-order valence-electron chi connectivity index (χ3n) is 6.86. The maximum absolute atomic E-state index is 5.46. The van der Waals surface area contributed by atoms with Crippen LogP contribution < -0.4 is 0 Å². The monoisotopic (exact) mass is 483 g/mol. The lowest BCUT2D eigenvalue weighted by Gasteiger charge is -2.32. The molecule has 1 aliphatic heterocycles. The normalized spacial score (nSPS) is 16.0. The Kier molecular flexibility index (Phi) is 6.21. The van der Waals surface area contributed by atoms with Gasteiger partial charge < -0.3 is 9.74 Å². The van der Waals surface area contributed by atoms with E-state index < -0.39 is 0 Å². The predicted octanol–water partition coefficient (Wildman–Crippen LogP) is 5.01. The van der Waals surface area contributed by atoms with E-state index in [9.17, 15) is 0 Å². The summed E-state index contributed by atoms with van der Waals surface area (Å²) in [6, 6.07) is 21.2. The summed E-state index contributed by atoms with van der Waals surface area (Å²) in [7, 11) is 2.20. The molecule has 6 nitrogen and oxygen atoms in total. The number of aromatic nitrogens is 2. The first-order chi connectivity index (χ1) is 17.2. The number of thiophene rings is 1. The average Bonchev–Trinajstić information content (AvgIpc) is 3.59. The van der Waals surface area contributed by atoms with Crippen LogP contribution in [0.4, 0.5) is 0 Å². The second-order valence-electron chi connectivity index (χ2n) is 9.37. The van der Waals surface area contributed by atoms with Crippen LogP contribution in [-0.4, -0.2) is 59.4 Å². The fourth-order valence-corrected chi connectivity index (χ4v) is 5.77. The van der Waals surface area contributed by atoms with E-state index >= 15 is 0 Å². The number of benzene rings is 2. The van der Waals surface area contributed by atoms with Gasteiger partial charge in [0.05, 0.1) is 16.8 Å². The highest BCUT2D eigenvalue weighted by Gasteiger charge is 2.26. The Morgan fingerprint density at radius 1 is 1.03 bits per heavy atom. The first kappa shape index (κ1) is 22.2. The van der Waals surface area contributed by atoms with Crippen molar-refractivity contribution >= 4 is 17.6 Å². The summed E-state index contributed by atoms with van der Waals surface area (Å²) >= 11 is 1.69. The molecule has 0 spiro atoms. The molecule has 0 saturated carbocycles. The van der Waals surface area contributed by atoms with Crippen molar-refractivity contribution < 1.29 is 4.84 Å². The number of rotatable bonds is 7. The third kappa shape index (κ3) is 4.80. The number of nitrogens with one attached hydrogen (secondary N) is 1. The fraction of sp³-hybridized carbons (Fsp3) is 0.286. The molecule has 0 unspecified atom stereocenters. The lowest BCUT2D eigenvalue weighted by Crippen LogP contribution is -2.43. The van der Waals surface area contributed by atoms with E-state index in [2.05, 4.69) is 62.5 Å². The van der Waals surface area contributed by atoms with Crippen molar-refractivity contribution in [2.24, 2.45) is 5.16 Å². The Balaban J connectivity index is 1.12. The van der Waals surface area contributed by atoms with E-state index in [1.165, 1.54) is 22.3 Å². The van der Waals surface area contributed by atoms with E-state index in [0.717, 1.165) is 65.9 Å². The van der Waals surface area contributed by atoms with Crippen LogP contribution in [0, 0.1) is 0 Å². The standard InChI is InChI=1S/C28H29N5OS/c1-32-11-13-33(14-12-32)18-21-7-9-24-22(15-21)16-25-27(24)30-31-28(25)26-10-8-23(35-26)17-29-34-19-20-5-3-2-4-6-20/h2-10,15,17H,11-14,16,18-19H2,1H3,(H,30,31). The number of piperazine rings is 1. The maximum Gasteiger partial charge on any atom is 0.142 e. The number of hydrogen-bond donors (Lipinski definition) is 1. The summed E-state index contributed by atoms with van der Waals surface area (Å²) in [5, 5.41) is 12.1. The second kappa shape index (κ2) is 9.77. The number of likely N-dealkylation sites (N-methyl/N-ethyl adjacent to an activating group) is 1. The van der Waals surface area contributed by atoms with Crippen LogP contribution in [0.1, 0.15) is 27.1 Å². The summed E-state index contributed by atoms with van der Waals surface area (Å²) in [4.78, 5) is 12.6. The van der Waals surface area contributed by atoms with Crippen LogP contribution in [-0.2, 0) is 24.4 Å². The Labute approximate surface area is 209 Å². The topological polar surface area (TPSA) is 56.8 Å². The minimum absolute atomic E-state index is 0.470. The SMILES string of the molecule is CN1CCN(Cc2ccc3c(c2)Cc2c(-c4ccc(C=NOCc5ccccc5)s4)n[nH]c2-3)CC1. The van der Waals surface area contributed by atoms with Crippen molar-refractivity contribution in [3.63, 3.8) is 0 Å². The molecular weight excluding hydrogens is 454 g/mol. The van der Waals surface area contributed by atoms with Crippen LogP contribution in [0.25, 0.3) is 21.8 Å². The number of aromatic amines is 1. The maximum atomic E-state index is 5.46. The number of oxime groups is 1. The molecule has 35 heavy (non-hydrogen) atoms. The Hall–Kier alpha value is -3.26. The zero-order chi connectivity index (χ0) is 23.6. The van der Waals surface area contributed by atoms with Gasteiger partial charge in [-0.25, -0.2) is 0 Å². The van der Waals surface area contributed by atoms with E-state index in [1.54, 1.807) is 17.6 Å². The zero-order valence-corrected chi connectivity index (χ0v) is 20.7. The van der Waals surface area contributed by atoms with Gasteiger partial charge in [0, 0.05) is 55.1 Å². The smallest absolute Gasteiger partial charge is 0.142 e. The zero-order valence-electron chi connectivity index (χ0n) is 19.9. The van der Waals surface area contributed by atoms with E-state index in [1.807, 2.05) is 30.3 Å². The summed E-state index contributed by atoms with van der Waals surface area (Å²) in [6.45, 7) is 6.08. The van der Waals surface area contributed by atoms with Crippen molar-refractivity contribution in [1.82, 2.24) is 20.0 Å². The number of nitrogens with zero attached hydrogens (tertiary/aromatic N) is 4. The lowest BCUT2D eigenvalue weighted by atomic mass is 10.0. The van der Waals surface area contributed by atoms with Gasteiger partial charge in [-0.1, -0.05) is 53.7 Å². The molecule has 1 fully saturated rings. The molecule has 1 saturated heterocycles. The number of H-pyrrole nitrogens is 1. The molecule has 1 N–H and O–H groups in total. The molecule has 1 aliphatic carbocycles. The molecule has 3 heterocycles. The van der Waals surface area contributed by atoms with Crippen LogP contribution in [0.3, 0.4) is 0 Å². The fourth-order valence-electron chi connectivity index (χ4n) is 4.88. The van der Waals surface area contributed by atoms with Crippen molar-refractivity contribution in [2.45, 2.75) is 19.6 Å². The molecule has 6 rings (SSSR count). The van der Waals surface area contributed by atoms with Gasteiger partial charge >= 0.3 is 0 Å². The van der Waals surface area contributed by atoms with Gasteiger partial charge in [-0.05, 0) is 35.9 Å². The van der Waals surface area contributed by atoms with Crippen molar-refractivity contribution in [3.05, 3.63) is 87.8 Å². The minimum atomic E-state index is 0.470. The second-order valence-corrected chi connectivity index (χ2v) is 10.5. The van der Waals surface area contributed by atoms with Crippen molar-refractivity contribution in [3.8, 4) is 21.8 Å². The molecular formula is C28H29N5OS. The first-order valence-corrected chi connectivity index (χ1v) is 12.9. The van der Waals surface area contributed by atoms with Gasteiger partial charge in [-0.15, -0.1) is 11.3 Å². The van der Waals surface area contributed by atoms with Gasteiger partial charge in [-0.3, -0.25) is 10.00 Å². The predicted molar refractivity (Wildman–Crippen MR) is 142 cm³/mol. The number of hydrogen-bond acceptors (Lipinski definition) is 6. The highest BCUT2D eigenvalue weighted by atomic mass is 32.1. The molecule has 0 atom stereocenters. The molecule has 4 aromatic rings. The Bertz CT molecular complexity index is 1330. The van der Waals surface area contributed by atoms with E-state index in [0.29, 0.717) is 6.61 Å².